The molecule has 0 aromatic heterocycles. The number of hydrogen-bond donors (Lipinski definition) is 1. The Labute approximate surface area is 63.5 Å². The van der Waals surface area contributed by atoms with Gasteiger partial charge >= 0.3 is 0 Å². The van der Waals surface area contributed by atoms with Gasteiger partial charge < -0.3 is 5.11 Å². The van der Waals surface area contributed by atoms with Crippen LogP contribution in [0.4, 0.5) is 4.39 Å². The van der Waals surface area contributed by atoms with Crippen LogP contribution < -0.4 is 0 Å². The minimum atomic E-state index is -0.646. The van der Waals surface area contributed by atoms with E-state index in [0.717, 1.165) is 0 Å². The van der Waals surface area contributed by atoms with E-state index in [1.807, 2.05) is 0 Å². The molecule has 0 spiro atoms. The second-order valence-electron chi connectivity index (χ2n) is 2.20. The molecule has 0 amide bonds. The van der Waals surface area contributed by atoms with Gasteiger partial charge in [-0.15, -0.1) is 0 Å². The highest BCUT2D eigenvalue weighted by atomic mass is 19.1. The van der Waals surface area contributed by atoms with Gasteiger partial charge in [-0.05, 0) is 18.6 Å². The van der Waals surface area contributed by atoms with E-state index in [9.17, 15) is 4.39 Å². The molecular formula is C8H6FNO. The zero-order valence-electron chi connectivity index (χ0n) is 5.93. The van der Waals surface area contributed by atoms with E-state index >= 15 is 0 Å². The molecule has 0 aliphatic rings. The third-order valence-corrected chi connectivity index (χ3v) is 1.42. The molecule has 1 aromatic carbocycles. The van der Waals surface area contributed by atoms with Crippen LogP contribution in [0, 0.1) is 24.1 Å². The smallest absolute Gasteiger partial charge is 0.147 e. The highest BCUT2D eigenvalue weighted by Crippen LogP contribution is 2.21. The maximum Gasteiger partial charge on any atom is 0.147 e. The maximum atomic E-state index is 12.9. The molecule has 3 heteroatoms. The standard InChI is InChI=1S/C8H6FNO/c1-5-2-3-7(11)6(4-10)8(5)9/h2-3,11H,1H3. The van der Waals surface area contributed by atoms with Crippen molar-refractivity contribution in [3.8, 4) is 11.8 Å². The monoisotopic (exact) mass is 151 g/mol. The first-order valence-corrected chi connectivity index (χ1v) is 3.05. The van der Waals surface area contributed by atoms with Gasteiger partial charge in [-0.3, -0.25) is 0 Å². The molecule has 0 aliphatic heterocycles. The second-order valence-corrected chi connectivity index (χ2v) is 2.20. The van der Waals surface area contributed by atoms with Crippen LogP contribution in [0.3, 0.4) is 0 Å². The van der Waals surface area contributed by atoms with Gasteiger partial charge in [0, 0.05) is 0 Å². The molecule has 0 radical (unpaired) electrons. The van der Waals surface area contributed by atoms with Crippen LogP contribution >= 0.6 is 0 Å². The van der Waals surface area contributed by atoms with Crippen molar-refractivity contribution in [2.24, 2.45) is 0 Å². The Morgan fingerprint density at radius 2 is 2.18 bits per heavy atom. The molecule has 56 valence electrons. The van der Waals surface area contributed by atoms with Crippen LogP contribution in [-0.2, 0) is 0 Å². The van der Waals surface area contributed by atoms with Crippen molar-refractivity contribution in [1.29, 1.82) is 5.26 Å². The van der Waals surface area contributed by atoms with Gasteiger partial charge in [0.1, 0.15) is 23.2 Å². The fraction of sp³-hybridized carbons (Fsp3) is 0.125. The summed E-state index contributed by atoms with van der Waals surface area (Å²) in [7, 11) is 0. The number of nitrogens with zero attached hydrogens (tertiary/aromatic N) is 1. The molecule has 0 unspecified atom stereocenters. The summed E-state index contributed by atoms with van der Waals surface area (Å²) >= 11 is 0. The Balaban J connectivity index is 3.44. The lowest BCUT2D eigenvalue weighted by molar-refractivity contribution is 0.465. The van der Waals surface area contributed by atoms with Crippen molar-refractivity contribution >= 4 is 0 Å². The number of phenolic OH excluding ortho intramolecular Hbond substituents is 1. The summed E-state index contributed by atoms with van der Waals surface area (Å²) in [4.78, 5) is 0. The molecule has 0 saturated heterocycles. The quantitative estimate of drug-likeness (QED) is 0.613. The van der Waals surface area contributed by atoms with Crippen molar-refractivity contribution in [2.45, 2.75) is 6.92 Å². The number of aromatic hydroxyl groups is 1. The van der Waals surface area contributed by atoms with Gasteiger partial charge in [-0.1, -0.05) is 6.07 Å². The van der Waals surface area contributed by atoms with Crippen molar-refractivity contribution in [3.63, 3.8) is 0 Å². The Morgan fingerprint density at radius 3 is 2.64 bits per heavy atom. The first-order valence-electron chi connectivity index (χ1n) is 3.05. The average Bonchev–Trinajstić information content (AvgIpc) is 1.99. The predicted octanol–water partition coefficient (Wildman–Crippen LogP) is 1.71. The van der Waals surface area contributed by atoms with Gasteiger partial charge in [-0.2, -0.15) is 5.26 Å². The lowest BCUT2D eigenvalue weighted by Crippen LogP contribution is -1.88. The molecule has 0 saturated carbocycles. The molecule has 0 bridgehead atoms. The van der Waals surface area contributed by atoms with E-state index < -0.39 is 5.82 Å². The van der Waals surface area contributed by atoms with Crippen LogP contribution in [0.5, 0.6) is 5.75 Å². The van der Waals surface area contributed by atoms with Gasteiger partial charge in [0.25, 0.3) is 0 Å². The maximum absolute atomic E-state index is 12.9. The van der Waals surface area contributed by atoms with Gasteiger partial charge in [-0.25, -0.2) is 4.39 Å². The summed E-state index contributed by atoms with van der Waals surface area (Å²) in [6, 6.07) is 4.30. The fourth-order valence-corrected chi connectivity index (χ4v) is 0.776. The molecule has 1 rings (SSSR count). The lowest BCUT2D eigenvalue weighted by Gasteiger charge is -1.99. The van der Waals surface area contributed by atoms with Crippen LogP contribution in [0.1, 0.15) is 11.1 Å². The topological polar surface area (TPSA) is 44.0 Å². The second kappa shape index (κ2) is 2.59. The van der Waals surface area contributed by atoms with Gasteiger partial charge in [0.2, 0.25) is 0 Å². The van der Waals surface area contributed by atoms with Crippen molar-refractivity contribution in [3.05, 3.63) is 29.1 Å². The summed E-state index contributed by atoms with van der Waals surface area (Å²) in [6.45, 7) is 1.54. The molecule has 1 N–H and O–H groups in total. The number of nitriles is 1. The molecule has 1 aromatic rings. The largest absolute Gasteiger partial charge is 0.506 e. The fourth-order valence-electron chi connectivity index (χ4n) is 0.776. The normalized spacial score (nSPS) is 9.18. The lowest BCUT2D eigenvalue weighted by atomic mass is 10.1. The number of rotatable bonds is 0. The Kier molecular flexibility index (Phi) is 1.77. The van der Waals surface area contributed by atoms with E-state index in [-0.39, 0.29) is 11.3 Å². The molecule has 0 heterocycles. The third kappa shape index (κ3) is 1.15. The summed E-state index contributed by atoms with van der Waals surface area (Å²) in [5.74, 6) is -0.955. The van der Waals surface area contributed by atoms with Crippen molar-refractivity contribution in [1.82, 2.24) is 0 Å². The highest BCUT2D eigenvalue weighted by molar-refractivity contribution is 5.45. The van der Waals surface area contributed by atoms with Crippen LogP contribution in [-0.4, -0.2) is 5.11 Å². The van der Waals surface area contributed by atoms with Crippen molar-refractivity contribution in [2.75, 3.05) is 0 Å². The third-order valence-electron chi connectivity index (χ3n) is 1.42. The van der Waals surface area contributed by atoms with Gasteiger partial charge in [0.05, 0.1) is 0 Å². The summed E-state index contributed by atoms with van der Waals surface area (Å²) in [6.07, 6.45) is 0. The molecule has 0 aliphatic carbocycles. The molecule has 0 fully saturated rings. The highest BCUT2D eigenvalue weighted by Gasteiger charge is 2.08. The van der Waals surface area contributed by atoms with E-state index in [1.165, 1.54) is 19.1 Å². The number of halogens is 1. The first-order chi connectivity index (χ1) is 5.16. The number of aryl methyl sites for hydroxylation is 1. The number of benzene rings is 1. The SMILES string of the molecule is Cc1ccc(O)c(C#N)c1F. The minimum absolute atomic E-state index is 0.287. The zero-order valence-corrected chi connectivity index (χ0v) is 5.93. The van der Waals surface area contributed by atoms with E-state index in [4.69, 9.17) is 10.4 Å². The Morgan fingerprint density at radius 1 is 1.55 bits per heavy atom. The van der Waals surface area contributed by atoms with Crippen LogP contribution in [0.25, 0.3) is 0 Å². The zero-order chi connectivity index (χ0) is 8.43. The molecule has 11 heavy (non-hydrogen) atoms. The summed E-state index contributed by atoms with van der Waals surface area (Å²) in [5, 5.41) is 17.3. The predicted molar refractivity (Wildman–Crippen MR) is 37.5 cm³/mol. The first kappa shape index (κ1) is 7.55. The average molecular weight is 151 g/mol. The number of phenols is 1. The molecule has 2 nitrogen and oxygen atoms in total. The van der Waals surface area contributed by atoms with Gasteiger partial charge in [0.15, 0.2) is 0 Å². The molecular weight excluding hydrogens is 145 g/mol. The molecule has 0 atom stereocenters. The number of hydrogen-bond acceptors (Lipinski definition) is 2. The Bertz CT molecular complexity index is 328. The van der Waals surface area contributed by atoms with E-state index in [2.05, 4.69) is 0 Å². The van der Waals surface area contributed by atoms with E-state index in [0.29, 0.717) is 5.56 Å². The Hall–Kier alpha value is -1.56. The minimum Gasteiger partial charge on any atom is -0.506 e. The van der Waals surface area contributed by atoms with Crippen LogP contribution in [0.15, 0.2) is 12.1 Å². The van der Waals surface area contributed by atoms with E-state index in [1.54, 1.807) is 6.07 Å². The summed E-state index contributed by atoms with van der Waals surface area (Å²) < 4.78 is 12.9. The van der Waals surface area contributed by atoms with Crippen LogP contribution in [0.2, 0.25) is 0 Å². The van der Waals surface area contributed by atoms with Crippen molar-refractivity contribution < 1.29 is 9.50 Å². The summed E-state index contributed by atoms with van der Waals surface area (Å²) in [5.41, 5.74) is 0.0735.